The molecule has 23 heavy (non-hydrogen) atoms. The summed E-state index contributed by atoms with van der Waals surface area (Å²) in [6, 6.07) is 2.96. The zero-order valence-electron chi connectivity index (χ0n) is 13.2. The van der Waals surface area contributed by atoms with E-state index in [4.69, 9.17) is 0 Å². The molecule has 0 aliphatic carbocycles. The van der Waals surface area contributed by atoms with Crippen molar-refractivity contribution in [2.75, 3.05) is 20.1 Å². The third-order valence-electron chi connectivity index (χ3n) is 4.01. The van der Waals surface area contributed by atoms with E-state index in [1.165, 1.54) is 23.3 Å². The van der Waals surface area contributed by atoms with Crippen LogP contribution in [-0.2, 0) is 9.59 Å². The molecule has 0 saturated carbocycles. The predicted octanol–water partition coefficient (Wildman–Crippen LogP) is 2.78. The molecule has 1 aromatic rings. The van der Waals surface area contributed by atoms with Crippen LogP contribution in [0.25, 0.3) is 0 Å². The minimum absolute atomic E-state index is 0.0210. The second-order valence-corrected chi connectivity index (χ2v) is 7.12. The number of rotatable bonds is 4. The minimum atomic E-state index is -4.42. The number of hydrogen-bond donors (Lipinski definition) is 0. The van der Waals surface area contributed by atoms with Gasteiger partial charge in [0.1, 0.15) is 12.6 Å². The van der Waals surface area contributed by atoms with Crippen LogP contribution in [0.3, 0.4) is 0 Å². The number of thiophene rings is 1. The van der Waals surface area contributed by atoms with Crippen molar-refractivity contribution in [2.24, 2.45) is 0 Å². The molecule has 8 heteroatoms. The smallest absolute Gasteiger partial charge is 0.333 e. The van der Waals surface area contributed by atoms with Crippen molar-refractivity contribution >= 4 is 23.2 Å². The number of carbonyl (C=O) groups excluding carboxylic acids is 2. The molecule has 0 bridgehead atoms. The van der Waals surface area contributed by atoms with Crippen LogP contribution in [0.5, 0.6) is 0 Å². The van der Waals surface area contributed by atoms with E-state index in [1.807, 2.05) is 19.1 Å². The fourth-order valence-corrected chi connectivity index (χ4v) is 3.64. The summed E-state index contributed by atoms with van der Waals surface area (Å²) in [5, 5.41) is 0. The van der Waals surface area contributed by atoms with Crippen molar-refractivity contribution in [3.05, 3.63) is 21.9 Å². The number of carbonyl (C=O) groups is 2. The van der Waals surface area contributed by atoms with Crippen molar-refractivity contribution in [1.82, 2.24) is 9.80 Å². The van der Waals surface area contributed by atoms with Gasteiger partial charge in [0.2, 0.25) is 11.8 Å². The molecule has 1 aliphatic rings. The van der Waals surface area contributed by atoms with E-state index in [2.05, 4.69) is 0 Å². The van der Waals surface area contributed by atoms with Gasteiger partial charge in [0, 0.05) is 23.3 Å². The van der Waals surface area contributed by atoms with Crippen LogP contribution in [0.15, 0.2) is 12.1 Å². The summed E-state index contributed by atoms with van der Waals surface area (Å²) in [5.41, 5.74) is 0. The van der Waals surface area contributed by atoms with Gasteiger partial charge in [-0.15, -0.1) is 11.3 Å². The zero-order chi connectivity index (χ0) is 17.4. The number of nitrogens with zero attached hydrogens (tertiary/aromatic N) is 2. The number of hydrogen-bond acceptors (Lipinski definition) is 3. The number of likely N-dealkylation sites (N-methyl/N-ethyl adjacent to an activating group) is 1. The Morgan fingerprint density at radius 2 is 2.13 bits per heavy atom. The third-order valence-corrected chi connectivity index (χ3v) is 5.20. The summed E-state index contributed by atoms with van der Waals surface area (Å²) in [4.78, 5) is 28.7. The Morgan fingerprint density at radius 3 is 2.65 bits per heavy atom. The average Bonchev–Trinajstić information content (AvgIpc) is 3.02. The first-order chi connectivity index (χ1) is 10.6. The summed E-state index contributed by atoms with van der Waals surface area (Å²) in [6.07, 6.45) is -4.19. The van der Waals surface area contributed by atoms with Crippen LogP contribution in [0.1, 0.15) is 29.0 Å². The molecule has 0 aromatic carbocycles. The lowest BCUT2D eigenvalue weighted by Gasteiger charge is -2.26. The Balaban J connectivity index is 2.04. The Labute approximate surface area is 136 Å². The molecule has 2 rings (SSSR count). The Bertz CT molecular complexity index is 600. The lowest BCUT2D eigenvalue weighted by molar-refractivity contribution is -0.159. The van der Waals surface area contributed by atoms with Gasteiger partial charge in [-0.25, -0.2) is 0 Å². The van der Waals surface area contributed by atoms with Gasteiger partial charge < -0.3 is 9.80 Å². The van der Waals surface area contributed by atoms with Crippen LogP contribution in [0, 0.1) is 6.92 Å². The highest BCUT2D eigenvalue weighted by Gasteiger charge is 2.42. The number of alkyl halides is 3. The highest BCUT2D eigenvalue weighted by molar-refractivity contribution is 7.12. The molecule has 2 amide bonds. The van der Waals surface area contributed by atoms with E-state index in [9.17, 15) is 22.8 Å². The molecular formula is C15H19F3N2O2S. The second kappa shape index (κ2) is 6.51. The molecule has 1 fully saturated rings. The van der Waals surface area contributed by atoms with Crippen LogP contribution in [0.4, 0.5) is 13.2 Å². The van der Waals surface area contributed by atoms with Crippen LogP contribution in [-0.4, -0.2) is 54.0 Å². The average molecular weight is 348 g/mol. The van der Waals surface area contributed by atoms with Gasteiger partial charge in [-0.2, -0.15) is 13.2 Å². The van der Waals surface area contributed by atoms with Crippen molar-refractivity contribution in [2.45, 2.75) is 38.4 Å². The summed E-state index contributed by atoms with van der Waals surface area (Å²) in [5.74, 6) is -1.30. The molecule has 0 spiro atoms. The summed E-state index contributed by atoms with van der Waals surface area (Å²) >= 11 is 1.50. The fourth-order valence-electron chi connectivity index (χ4n) is 2.72. The van der Waals surface area contributed by atoms with Crippen LogP contribution >= 0.6 is 11.3 Å². The first-order valence-electron chi connectivity index (χ1n) is 7.28. The van der Waals surface area contributed by atoms with E-state index in [0.29, 0.717) is 0 Å². The van der Waals surface area contributed by atoms with E-state index < -0.39 is 30.6 Å². The van der Waals surface area contributed by atoms with E-state index in [1.54, 1.807) is 6.92 Å². The zero-order valence-corrected chi connectivity index (χ0v) is 14.0. The second-order valence-electron chi connectivity index (χ2n) is 5.80. The van der Waals surface area contributed by atoms with Gasteiger partial charge in [0.25, 0.3) is 0 Å². The number of aryl methyl sites for hydroxylation is 1. The summed E-state index contributed by atoms with van der Waals surface area (Å²) < 4.78 is 37.3. The lowest BCUT2D eigenvalue weighted by Crippen LogP contribution is -2.45. The maximum Gasteiger partial charge on any atom is 0.406 e. The minimum Gasteiger partial charge on any atom is -0.333 e. The van der Waals surface area contributed by atoms with Gasteiger partial charge in [0.15, 0.2) is 0 Å². The third kappa shape index (κ3) is 4.04. The molecule has 2 atom stereocenters. The molecule has 0 radical (unpaired) electrons. The number of amides is 2. The van der Waals surface area contributed by atoms with Gasteiger partial charge in [-0.3, -0.25) is 9.59 Å². The van der Waals surface area contributed by atoms with E-state index in [0.717, 1.165) is 14.7 Å². The van der Waals surface area contributed by atoms with Gasteiger partial charge in [-0.05, 0) is 32.4 Å². The normalized spacial score (nSPS) is 20.0. The highest BCUT2D eigenvalue weighted by atomic mass is 32.1. The topological polar surface area (TPSA) is 40.6 Å². The maximum absolute atomic E-state index is 12.5. The van der Waals surface area contributed by atoms with Gasteiger partial charge in [-0.1, -0.05) is 0 Å². The Hall–Kier alpha value is -1.57. The van der Waals surface area contributed by atoms with Crippen molar-refractivity contribution in [3.63, 3.8) is 0 Å². The van der Waals surface area contributed by atoms with E-state index in [-0.39, 0.29) is 18.9 Å². The van der Waals surface area contributed by atoms with Crippen molar-refractivity contribution in [1.29, 1.82) is 0 Å². The molecule has 0 N–H and O–H groups in total. The standard InChI is InChI=1S/C15H19F3N2O2S/c1-9-4-5-12(23-9)10(2)13(21)19(3)11-6-7-20(14(11)22)8-15(16,17)18/h4-5,10-11H,6-8H2,1-3H3/t10-,11+/m1/s1. The molecule has 128 valence electrons. The largest absolute Gasteiger partial charge is 0.406 e. The van der Waals surface area contributed by atoms with Crippen molar-refractivity contribution < 1.29 is 22.8 Å². The number of likely N-dealkylation sites (tertiary alicyclic amines) is 1. The number of halogens is 3. The summed E-state index contributed by atoms with van der Waals surface area (Å²) in [7, 11) is 1.49. The monoisotopic (exact) mass is 348 g/mol. The highest BCUT2D eigenvalue weighted by Crippen LogP contribution is 2.28. The van der Waals surface area contributed by atoms with Gasteiger partial charge in [0.05, 0.1) is 5.92 Å². The molecule has 0 unspecified atom stereocenters. The lowest BCUT2D eigenvalue weighted by atomic mass is 10.1. The predicted molar refractivity (Wildman–Crippen MR) is 81.3 cm³/mol. The maximum atomic E-state index is 12.5. The van der Waals surface area contributed by atoms with Gasteiger partial charge >= 0.3 is 6.18 Å². The fraction of sp³-hybridized carbons (Fsp3) is 0.600. The Morgan fingerprint density at radius 1 is 1.48 bits per heavy atom. The van der Waals surface area contributed by atoms with Crippen LogP contribution < -0.4 is 0 Å². The van der Waals surface area contributed by atoms with Crippen LogP contribution in [0.2, 0.25) is 0 Å². The molecule has 1 saturated heterocycles. The Kier molecular flexibility index (Phi) is 5.03. The molecule has 4 nitrogen and oxygen atoms in total. The SMILES string of the molecule is Cc1ccc([C@@H](C)C(=O)N(C)[C@H]2CCN(CC(F)(F)F)C2=O)s1. The van der Waals surface area contributed by atoms with E-state index >= 15 is 0 Å². The molecule has 1 aromatic heterocycles. The van der Waals surface area contributed by atoms with Crippen molar-refractivity contribution in [3.8, 4) is 0 Å². The molecular weight excluding hydrogens is 329 g/mol. The quantitative estimate of drug-likeness (QED) is 0.840. The molecule has 1 aliphatic heterocycles. The first kappa shape index (κ1) is 17.8. The molecule has 2 heterocycles. The summed E-state index contributed by atoms with van der Waals surface area (Å²) in [6.45, 7) is 2.44. The first-order valence-corrected chi connectivity index (χ1v) is 8.10.